The van der Waals surface area contributed by atoms with Gasteiger partial charge in [0.1, 0.15) is 5.75 Å². The minimum absolute atomic E-state index is 0.180. The Morgan fingerprint density at radius 3 is 3.00 bits per heavy atom. The lowest BCUT2D eigenvalue weighted by Crippen LogP contribution is -2.61. The van der Waals surface area contributed by atoms with E-state index in [0.717, 1.165) is 25.8 Å². The third-order valence-electron chi connectivity index (χ3n) is 6.74. The number of nitrogens with zero attached hydrogens (tertiary/aromatic N) is 1. The number of phenolic OH excluding ortho intramolecular Hbond substituents is 1. The lowest BCUT2D eigenvalue weighted by Gasteiger charge is -2.59. The van der Waals surface area contributed by atoms with Gasteiger partial charge in [-0.3, -0.25) is 0 Å². The molecule has 1 aromatic carbocycles. The highest BCUT2D eigenvalue weighted by atomic mass is 16.5. The Kier molecular flexibility index (Phi) is 4.31. The zero-order valence-electron chi connectivity index (χ0n) is 14.8. The van der Waals surface area contributed by atoms with Gasteiger partial charge in [-0.15, -0.1) is 0 Å². The Hall–Kier alpha value is -1.10. The molecular weight excluding hydrogens is 302 g/mol. The lowest BCUT2D eigenvalue weighted by atomic mass is 9.52. The Bertz CT molecular complexity index is 605. The summed E-state index contributed by atoms with van der Waals surface area (Å²) in [5.41, 5.74) is 3.01. The molecule has 1 saturated heterocycles. The number of methoxy groups -OCH3 is 1. The van der Waals surface area contributed by atoms with Crippen LogP contribution in [0.25, 0.3) is 0 Å². The van der Waals surface area contributed by atoms with E-state index in [1.807, 2.05) is 12.1 Å². The van der Waals surface area contributed by atoms with E-state index in [2.05, 4.69) is 18.0 Å². The van der Waals surface area contributed by atoms with Crippen molar-refractivity contribution in [2.24, 2.45) is 5.92 Å². The van der Waals surface area contributed by atoms with Crippen molar-refractivity contribution in [1.82, 2.24) is 4.90 Å². The predicted molar refractivity (Wildman–Crippen MR) is 93.5 cm³/mol. The quantitative estimate of drug-likeness (QED) is 0.862. The monoisotopic (exact) mass is 331 g/mol. The lowest BCUT2D eigenvalue weighted by molar-refractivity contribution is -0.0724. The van der Waals surface area contributed by atoms with Gasteiger partial charge in [-0.2, -0.15) is 0 Å². The molecule has 1 saturated carbocycles. The zero-order chi connectivity index (χ0) is 16.7. The molecule has 4 heteroatoms. The van der Waals surface area contributed by atoms with Crippen LogP contribution in [-0.4, -0.2) is 56.1 Å². The van der Waals surface area contributed by atoms with Crippen LogP contribution in [0.5, 0.6) is 5.75 Å². The van der Waals surface area contributed by atoms with E-state index in [1.165, 1.54) is 24.0 Å². The topological polar surface area (TPSA) is 41.9 Å². The Morgan fingerprint density at radius 1 is 1.29 bits per heavy atom. The summed E-state index contributed by atoms with van der Waals surface area (Å²) in [6.45, 7) is 2.48. The summed E-state index contributed by atoms with van der Waals surface area (Å²) in [6.07, 6.45) is 6.06. The van der Waals surface area contributed by atoms with Gasteiger partial charge in [0, 0.05) is 18.6 Å². The summed E-state index contributed by atoms with van der Waals surface area (Å²) in [4.78, 5) is 2.56. The zero-order valence-corrected chi connectivity index (χ0v) is 14.8. The second-order valence-corrected chi connectivity index (χ2v) is 7.87. The number of fused-ring (bicyclic) bond motifs is 1. The third-order valence-corrected chi connectivity index (χ3v) is 6.74. The second-order valence-electron chi connectivity index (χ2n) is 7.87. The molecule has 1 aromatic rings. The molecule has 2 aliphatic carbocycles. The van der Waals surface area contributed by atoms with E-state index in [9.17, 15) is 5.11 Å². The molecule has 132 valence electrons. The van der Waals surface area contributed by atoms with Crippen molar-refractivity contribution in [3.8, 4) is 5.75 Å². The molecule has 2 fully saturated rings. The minimum atomic E-state index is 0.180. The fourth-order valence-corrected chi connectivity index (χ4v) is 5.61. The number of rotatable bonds is 4. The molecule has 0 amide bonds. The average Bonchev–Trinajstić information content (AvgIpc) is 2.59. The van der Waals surface area contributed by atoms with E-state index < -0.39 is 0 Å². The number of likely N-dealkylation sites (tertiary alicyclic amines) is 1. The van der Waals surface area contributed by atoms with Gasteiger partial charge in [-0.1, -0.05) is 6.07 Å². The highest BCUT2D eigenvalue weighted by molar-refractivity contribution is 5.45. The molecule has 4 rings (SSSR count). The Balaban J connectivity index is 1.68. The van der Waals surface area contributed by atoms with Crippen LogP contribution in [0.1, 0.15) is 36.8 Å². The minimum Gasteiger partial charge on any atom is -0.508 e. The molecule has 1 aliphatic heterocycles. The number of phenols is 1. The highest BCUT2D eigenvalue weighted by Gasteiger charge is 2.55. The van der Waals surface area contributed by atoms with E-state index in [1.54, 1.807) is 7.11 Å². The first kappa shape index (κ1) is 16.4. The van der Waals surface area contributed by atoms with Crippen molar-refractivity contribution in [2.75, 3.05) is 33.9 Å². The smallest absolute Gasteiger partial charge is 0.115 e. The summed E-state index contributed by atoms with van der Waals surface area (Å²) in [6, 6.07) is 6.67. The first-order valence-electron chi connectivity index (χ1n) is 9.27. The molecule has 0 spiro atoms. The highest BCUT2D eigenvalue weighted by Crippen LogP contribution is 2.56. The summed E-state index contributed by atoms with van der Waals surface area (Å²) in [7, 11) is 4.00. The van der Waals surface area contributed by atoms with Gasteiger partial charge < -0.3 is 19.5 Å². The molecule has 1 heterocycles. The van der Waals surface area contributed by atoms with Crippen molar-refractivity contribution in [3.05, 3.63) is 29.3 Å². The number of hydrogen-bond donors (Lipinski definition) is 1. The van der Waals surface area contributed by atoms with Crippen LogP contribution in [0.4, 0.5) is 0 Å². The normalized spacial score (nSPS) is 35.3. The largest absolute Gasteiger partial charge is 0.508 e. The van der Waals surface area contributed by atoms with Gasteiger partial charge in [-0.05, 0) is 74.9 Å². The average molecular weight is 331 g/mol. The Labute approximate surface area is 144 Å². The van der Waals surface area contributed by atoms with Crippen molar-refractivity contribution < 1.29 is 14.6 Å². The molecule has 24 heavy (non-hydrogen) atoms. The Morgan fingerprint density at radius 2 is 2.17 bits per heavy atom. The van der Waals surface area contributed by atoms with Crippen molar-refractivity contribution in [2.45, 2.75) is 49.7 Å². The summed E-state index contributed by atoms with van der Waals surface area (Å²) in [5.74, 6) is 1.09. The SMILES string of the molecule is COCCO[C@@H]1CC[C@H]2[C@H]3Cc4ccc(O)cc4[C@@]2(CCN3C)C1. The van der Waals surface area contributed by atoms with Crippen LogP contribution in [0, 0.1) is 5.92 Å². The van der Waals surface area contributed by atoms with E-state index in [4.69, 9.17) is 9.47 Å². The first-order valence-corrected chi connectivity index (χ1v) is 9.27. The van der Waals surface area contributed by atoms with Crippen LogP contribution in [0.15, 0.2) is 18.2 Å². The van der Waals surface area contributed by atoms with Crippen molar-refractivity contribution >= 4 is 0 Å². The molecule has 4 atom stereocenters. The van der Waals surface area contributed by atoms with Crippen LogP contribution < -0.4 is 0 Å². The van der Waals surface area contributed by atoms with E-state index in [0.29, 0.717) is 37.0 Å². The van der Waals surface area contributed by atoms with Crippen LogP contribution in [0.2, 0.25) is 0 Å². The number of hydrogen-bond acceptors (Lipinski definition) is 4. The number of likely N-dealkylation sites (N-methyl/N-ethyl adjacent to an activating group) is 1. The predicted octanol–water partition coefficient (Wildman–Crippen LogP) is 2.72. The third kappa shape index (κ3) is 2.56. The van der Waals surface area contributed by atoms with Gasteiger partial charge in [0.05, 0.1) is 19.3 Å². The second kappa shape index (κ2) is 6.32. The molecule has 0 aromatic heterocycles. The summed E-state index contributed by atoms with van der Waals surface area (Å²) in [5, 5.41) is 10.1. The fraction of sp³-hybridized carbons (Fsp3) is 0.700. The number of piperidine rings is 1. The molecule has 0 radical (unpaired) electrons. The fourth-order valence-electron chi connectivity index (χ4n) is 5.61. The number of benzene rings is 1. The van der Waals surface area contributed by atoms with Gasteiger partial charge in [0.2, 0.25) is 0 Å². The molecule has 3 aliphatic rings. The molecule has 2 bridgehead atoms. The number of ether oxygens (including phenoxy) is 2. The molecule has 1 N–H and O–H groups in total. The first-order chi connectivity index (χ1) is 11.6. The van der Waals surface area contributed by atoms with Crippen LogP contribution in [0.3, 0.4) is 0 Å². The van der Waals surface area contributed by atoms with Gasteiger partial charge >= 0.3 is 0 Å². The molecule has 4 nitrogen and oxygen atoms in total. The van der Waals surface area contributed by atoms with Gasteiger partial charge in [0.25, 0.3) is 0 Å². The van der Waals surface area contributed by atoms with Gasteiger partial charge in [-0.25, -0.2) is 0 Å². The maximum absolute atomic E-state index is 10.1. The van der Waals surface area contributed by atoms with Crippen molar-refractivity contribution in [3.63, 3.8) is 0 Å². The standard InChI is InChI=1S/C20H29NO3/c1-21-8-7-20-13-16(24-10-9-23-2)5-6-17(20)19(21)11-14-3-4-15(22)12-18(14)20/h3-4,12,16-17,19,22H,5-11,13H2,1-2H3/t16-,17+,19-,20+/m1/s1. The summed E-state index contributed by atoms with van der Waals surface area (Å²) < 4.78 is 11.3. The summed E-state index contributed by atoms with van der Waals surface area (Å²) >= 11 is 0. The van der Waals surface area contributed by atoms with Gasteiger partial charge in [0.15, 0.2) is 0 Å². The van der Waals surface area contributed by atoms with E-state index in [-0.39, 0.29) is 5.41 Å². The van der Waals surface area contributed by atoms with E-state index >= 15 is 0 Å². The maximum atomic E-state index is 10.1. The van der Waals surface area contributed by atoms with Crippen molar-refractivity contribution in [1.29, 1.82) is 0 Å². The molecule has 0 unspecified atom stereocenters. The van der Waals surface area contributed by atoms with Crippen LogP contribution >= 0.6 is 0 Å². The van der Waals surface area contributed by atoms with Crippen LogP contribution in [-0.2, 0) is 21.3 Å². The maximum Gasteiger partial charge on any atom is 0.115 e. The number of aromatic hydroxyl groups is 1. The molecular formula is C20H29NO3.